The molecule has 1 aliphatic rings. The van der Waals surface area contributed by atoms with Gasteiger partial charge in [0.05, 0.1) is 36.2 Å². The van der Waals surface area contributed by atoms with E-state index in [0.717, 1.165) is 46.6 Å². The van der Waals surface area contributed by atoms with Gasteiger partial charge < -0.3 is 24.2 Å². The van der Waals surface area contributed by atoms with Crippen molar-refractivity contribution in [2.75, 3.05) is 31.7 Å². The summed E-state index contributed by atoms with van der Waals surface area (Å²) in [6.07, 6.45) is 2.33. The average molecular weight is 613 g/mol. The highest BCUT2D eigenvalue weighted by Crippen LogP contribution is 2.39. The number of aromatic nitrogens is 3. The van der Waals surface area contributed by atoms with E-state index < -0.39 is 17.7 Å². The first-order valence-electron chi connectivity index (χ1n) is 15.4. The number of phenols is 1. The topological polar surface area (TPSA) is 98.4 Å². The Hall–Kier alpha value is -4.21. The normalized spacial score (nSPS) is 15.7. The lowest BCUT2D eigenvalue weighted by Gasteiger charge is -2.41. The Morgan fingerprint density at radius 3 is 2.47 bits per heavy atom. The molecule has 4 aromatic rings. The first-order chi connectivity index (χ1) is 21.3. The lowest BCUT2D eigenvalue weighted by Crippen LogP contribution is -2.45. The molecule has 1 fully saturated rings. The van der Waals surface area contributed by atoms with Crippen molar-refractivity contribution in [3.63, 3.8) is 0 Å². The Morgan fingerprint density at radius 2 is 1.82 bits per heavy atom. The van der Waals surface area contributed by atoms with Gasteiger partial charge in [-0.3, -0.25) is 0 Å². The Morgan fingerprint density at radius 1 is 1.11 bits per heavy atom. The van der Waals surface area contributed by atoms with Crippen LogP contribution in [0.4, 0.5) is 5.82 Å². The number of nitrogens with zero attached hydrogens (tertiary/aromatic N) is 4. The minimum Gasteiger partial charge on any atom is -0.507 e. The SMILES string of the molecule is C=CCOC1(C)CCN(c2c([C@H](OC(C)(C)C)C(=O)OC)c(C)nc3cc(-c4cccc(-c5ccc(C)cc5O)c4)nn23)CC1. The number of carbonyl (C=O) groups excluding carboxylic acids is 1. The number of ether oxygens (including phenoxy) is 3. The van der Waals surface area contributed by atoms with Gasteiger partial charge in [-0.1, -0.05) is 36.4 Å². The van der Waals surface area contributed by atoms with Gasteiger partial charge in [-0.2, -0.15) is 9.61 Å². The maximum Gasteiger partial charge on any atom is 0.339 e. The fourth-order valence-corrected chi connectivity index (χ4v) is 5.88. The summed E-state index contributed by atoms with van der Waals surface area (Å²) in [4.78, 5) is 20.5. The van der Waals surface area contributed by atoms with Crippen LogP contribution in [0.2, 0.25) is 0 Å². The van der Waals surface area contributed by atoms with Crippen molar-refractivity contribution in [3.05, 3.63) is 78.0 Å². The molecule has 0 aliphatic carbocycles. The Kier molecular flexibility index (Phi) is 9.05. The van der Waals surface area contributed by atoms with Gasteiger partial charge in [0.2, 0.25) is 0 Å². The van der Waals surface area contributed by atoms with E-state index in [1.807, 2.05) is 81.6 Å². The molecule has 2 aromatic heterocycles. The highest BCUT2D eigenvalue weighted by atomic mass is 16.6. The molecular formula is C36H44N4O5. The van der Waals surface area contributed by atoms with E-state index in [-0.39, 0.29) is 11.4 Å². The molecule has 0 amide bonds. The van der Waals surface area contributed by atoms with E-state index in [0.29, 0.717) is 36.6 Å². The molecule has 1 N–H and O–H groups in total. The molecule has 9 heteroatoms. The zero-order valence-electron chi connectivity index (χ0n) is 27.4. The molecule has 0 unspecified atom stereocenters. The fraction of sp³-hybridized carbons (Fsp3) is 0.417. The second kappa shape index (κ2) is 12.7. The zero-order chi connectivity index (χ0) is 32.5. The summed E-state index contributed by atoms with van der Waals surface area (Å²) in [5.41, 5.74) is 5.25. The van der Waals surface area contributed by atoms with Crippen molar-refractivity contribution in [1.29, 1.82) is 0 Å². The summed E-state index contributed by atoms with van der Waals surface area (Å²) in [7, 11) is 1.37. The highest BCUT2D eigenvalue weighted by molar-refractivity contribution is 5.81. The van der Waals surface area contributed by atoms with Crippen LogP contribution in [0.5, 0.6) is 5.75 Å². The first-order valence-corrected chi connectivity index (χ1v) is 15.4. The summed E-state index contributed by atoms with van der Waals surface area (Å²) < 4.78 is 19.6. The van der Waals surface area contributed by atoms with Gasteiger partial charge in [-0.05, 0) is 77.6 Å². The van der Waals surface area contributed by atoms with Crippen LogP contribution in [0.15, 0.2) is 61.2 Å². The summed E-state index contributed by atoms with van der Waals surface area (Å²) in [5.74, 6) is 0.485. The summed E-state index contributed by atoms with van der Waals surface area (Å²) in [6.45, 7) is 17.4. The Labute approximate surface area is 265 Å². The number of phenolic OH excluding ortho intramolecular Hbond substituents is 1. The van der Waals surface area contributed by atoms with E-state index in [2.05, 4.69) is 18.4 Å². The smallest absolute Gasteiger partial charge is 0.339 e. The number of fused-ring (bicyclic) bond motifs is 1. The van der Waals surface area contributed by atoms with Crippen LogP contribution >= 0.6 is 0 Å². The lowest BCUT2D eigenvalue weighted by atomic mass is 9.92. The van der Waals surface area contributed by atoms with Crippen LogP contribution in [0, 0.1) is 13.8 Å². The summed E-state index contributed by atoms with van der Waals surface area (Å²) in [5, 5.41) is 15.7. The zero-order valence-corrected chi connectivity index (χ0v) is 27.4. The molecular weight excluding hydrogens is 568 g/mol. The number of anilines is 1. The number of hydrogen-bond donors (Lipinski definition) is 1. The number of methoxy groups -OCH3 is 1. The third kappa shape index (κ3) is 6.89. The monoisotopic (exact) mass is 612 g/mol. The molecule has 238 valence electrons. The number of benzene rings is 2. The van der Waals surface area contributed by atoms with E-state index in [1.165, 1.54) is 7.11 Å². The summed E-state index contributed by atoms with van der Waals surface area (Å²) in [6, 6.07) is 15.6. The third-order valence-corrected chi connectivity index (χ3v) is 8.25. The predicted molar refractivity (Wildman–Crippen MR) is 177 cm³/mol. The van der Waals surface area contributed by atoms with Gasteiger partial charge in [0.15, 0.2) is 11.8 Å². The van der Waals surface area contributed by atoms with Crippen molar-refractivity contribution in [2.24, 2.45) is 0 Å². The van der Waals surface area contributed by atoms with Gasteiger partial charge in [-0.25, -0.2) is 9.78 Å². The first kappa shape index (κ1) is 32.2. The number of carbonyl (C=O) groups is 1. The van der Waals surface area contributed by atoms with E-state index in [1.54, 1.807) is 12.1 Å². The minimum absolute atomic E-state index is 0.230. The van der Waals surface area contributed by atoms with Gasteiger partial charge >= 0.3 is 5.97 Å². The number of esters is 1. The van der Waals surface area contributed by atoms with E-state index in [9.17, 15) is 9.90 Å². The van der Waals surface area contributed by atoms with Crippen molar-refractivity contribution in [3.8, 4) is 28.1 Å². The lowest BCUT2D eigenvalue weighted by molar-refractivity contribution is -0.164. The van der Waals surface area contributed by atoms with Crippen molar-refractivity contribution in [2.45, 2.75) is 71.7 Å². The molecule has 45 heavy (non-hydrogen) atoms. The van der Waals surface area contributed by atoms with Crippen molar-refractivity contribution >= 4 is 17.4 Å². The summed E-state index contributed by atoms with van der Waals surface area (Å²) >= 11 is 0. The van der Waals surface area contributed by atoms with Gasteiger partial charge in [0, 0.05) is 36.0 Å². The van der Waals surface area contributed by atoms with Crippen LogP contribution in [-0.2, 0) is 19.0 Å². The van der Waals surface area contributed by atoms with E-state index >= 15 is 0 Å². The standard InChI is InChI=1S/C36H44N4O5/c1-9-19-44-36(7)15-17-39(18-16-36)33-31(32(34(42)43-8)45-35(4,5)6)24(3)37-30-22-28(38-40(30)33)26-12-10-11-25(21-26)27-14-13-23(2)20-29(27)41/h9-14,20-22,32,41H,1,15-19H2,2-8H3/t32-/m0/s1. The maximum atomic E-state index is 13.3. The molecule has 2 aromatic carbocycles. The molecule has 1 aliphatic heterocycles. The van der Waals surface area contributed by atoms with Crippen LogP contribution in [-0.4, -0.2) is 63.7 Å². The highest BCUT2D eigenvalue weighted by Gasteiger charge is 2.38. The molecule has 0 bridgehead atoms. The molecule has 5 rings (SSSR count). The van der Waals surface area contributed by atoms with Gasteiger partial charge in [0.1, 0.15) is 11.6 Å². The van der Waals surface area contributed by atoms with Crippen molar-refractivity contribution in [1.82, 2.24) is 14.6 Å². The molecule has 0 spiro atoms. The predicted octanol–water partition coefficient (Wildman–Crippen LogP) is 6.98. The number of aromatic hydroxyl groups is 1. The van der Waals surface area contributed by atoms with E-state index in [4.69, 9.17) is 24.3 Å². The Balaban J connectivity index is 1.66. The second-order valence-electron chi connectivity index (χ2n) is 13.0. The second-order valence-corrected chi connectivity index (χ2v) is 13.0. The number of rotatable bonds is 9. The quantitative estimate of drug-likeness (QED) is 0.160. The van der Waals surface area contributed by atoms with Crippen molar-refractivity contribution < 1.29 is 24.1 Å². The fourth-order valence-electron chi connectivity index (χ4n) is 5.88. The van der Waals surface area contributed by atoms with Crippen LogP contribution < -0.4 is 4.90 Å². The largest absolute Gasteiger partial charge is 0.507 e. The minimum atomic E-state index is -1.01. The molecule has 0 saturated carbocycles. The molecule has 1 atom stereocenters. The third-order valence-electron chi connectivity index (χ3n) is 8.25. The number of aryl methyl sites for hydroxylation is 2. The van der Waals surface area contributed by atoms with Gasteiger partial charge in [0.25, 0.3) is 0 Å². The van der Waals surface area contributed by atoms with Crippen LogP contribution in [0.3, 0.4) is 0 Å². The average Bonchev–Trinajstić information content (AvgIpc) is 3.42. The number of hydrogen-bond acceptors (Lipinski definition) is 8. The molecule has 1 saturated heterocycles. The van der Waals surface area contributed by atoms with Crippen LogP contribution in [0.1, 0.15) is 63.5 Å². The number of piperidine rings is 1. The van der Waals surface area contributed by atoms with Crippen LogP contribution in [0.25, 0.3) is 28.0 Å². The Bertz CT molecular complexity index is 1710. The van der Waals surface area contributed by atoms with Gasteiger partial charge in [-0.15, -0.1) is 6.58 Å². The molecule has 9 nitrogen and oxygen atoms in total. The maximum absolute atomic E-state index is 13.3. The molecule has 3 heterocycles. The molecule has 0 radical (unpaired) electrons.